The van der Waals surface area contributed by atoms with Gasteiger partial charge in [0, 0.05) is 17.0 Å². The van der Waals surface area contributed by atoms with Gasteiger partial charge in [-0.05, 0) is 44.0 Å². The smallest absolute Gasteiger partial charge is 0.339 e. The van der Waals surface area contributed by atoms with E-state index in [4.69, 9.17) is 9.47 Å². The van der Waals surface area contributed by atoms with E-state index in [9.17, 15) is 9.59 Å². The molecule has 1 unspecified atom stereocenters. The highest BCUT2D eigenvalue weighted by molar-refractivity contribution is 7.09. The van der Waals surface area contributed by atoms with Crippen molar-refractivity contribution in [2.24, 2.45) is 0 Å². The summed E-state index contributed by atoms with van der Waals surface area (Å²) in [6.07, 6.45) is 0.940. The van der Waals surface area contributed by atoms with Crippen LogP contribution in [0.2, 0.25) is 0 Å². The highest BCUT2D eigenvalue weighted by Gasteiger charge is 2.31. The van der Waals surface area contributed by atoms with E-state index in [1.54, 1.807) is 47.7 Å². The quantitative estimate of drug-likeness (QED) is 0.551. The summed E-state index contributed by atoms with van der Waals surface area (Å²) in [5, 5.41) is 5.86. The van der Waals surface area contributed by atoms with Crippen LogP contribution in [-0.2, 0) is 16.1 Å². The second-order valence-corrected chi connectivity index (χ2v) is 8.21. The molecule has 3 aromatic rings. The third-order valence-electron chi connectivity index (χ3n) is 4.63. The van der Waals surface area contributed by atoms with E-state index >= 15 is 0 Å². The lowest BCUT2D eigenvalue weighted by Crippen LogP contribution is -2.33. The van der Waals surface area contributed by atoms with Crippen molar-refractivity contribution in [3.63, 3.8) is 0 Å². The molecular formula is C23H22N2O4S. The van der Waals surface area contributed by atoms with Crippen LogP contribution in [0.4, 0.5) is 0 Å². The fourth-order valence-corrected chi connectivity index (χ4v) is 3.50. The molecule has 7 heteroatoms. The van der Waals surface area contributed by atoms with E-state index in [-0.39, 0.29) is 11.9 Å². The number of carbonyl (C=O) groups excluding carboxylic acids is 2. The number of ether oxygens (including phenoxy) is 2. The molecular weight excluding hydrogens is 400 g/mol. The first-order chi connectivity index (χ1) is 14.6. The average molecular weight is 423 g/mol. The molecule has 1 fully saturated rings. The Morgan fingerprint density at radius 2 is 1.87 bits per heavy atom. The zero-order valence-electron chi connectivity index (χ0n) is 16.5. The number of hydrogen-bond donors (Lipinski definition) is 1. The van der Waals surface area contributed by atoms with Crippen molar-refractivity contribution in [3.05, 3.63) is 81.8 Å². The van der Waals surface area contributed by atoms with Crippen LogP contribution in [0.5, 0.6) is 5.75 Å². The van der Waals surface area contributed by atoms with Crippen molar-refractivity contribution in [1.82, 2.24) is 10.3 Å². The van der Waals surface area contributed by atoms with E-state index in [1.807, 2.05) is 30.5 Å². The van der Waals surface area contributed by atoms with Crippen molar-refractivity contribution < 1.29 is 19.1 Å². The molecule has 0 saturated heterocycles. The van der Waals surface area contributed by atoms with Crippen LogP contribution in [-0.4, -0.2) is 22.9 Å². The maximum absolute atomic E-state index is 12.7. The number of aryl methyl sites for hydroxylation is 1. The Kier molecular flexibility index (Phi) is 6.09. The van der Waals surface area contributed by atoms with Gasteiger partial charge in [0.2, 0.25) is 6.10 Å². The van der Waals surface area contributed by atoms with Gasteiger partial charge >= 0.3 is 5.97 Å². The number of benzene rings is 2. The minimum Gasteiger partial charge on any atom is -0.487 e. The zero-order valence-corrected chi connectivity index (χ0v) is 17.4. The second-order valence-electron chi connectivity index (χ2n) is 7.15. The SMILES string of the molecule is Cc1nc(COc2ccc(C(=O)OC(C(=O)NC3CC3)c3ccccc3)cc2)cs1. The van der Waals surface area contributed by atoms with Crippen molar-refractivity contribution in [2.75, 3.05) is 0 Å². The number of hydrogen-bond acceptors (Lipinski definition) is 6. The zero-order chi connectivity index (χ0) is 20.9. The molecule has 2 aromatic carbocycles. The van der Waals surface area contributed by atoms with Crippen LogP contribution in [0.15, 0.2) is 60.0 Å². The van der Waals surface area contributed by atoms with Crippen LogP contribution in [0, 0.1) is 6.92 Å². The van der Waals surface area contributed by atoms with Gasteiger partial charge in [0.1, 0.15) is 12.4 Å². The molecule has 1 aliphatic rings. The third kappa shape index (κ3) is 5.24. The third-order valence-corrected chi connectivity index (χ3v) is 5.45. The summed E-state index contributed by atoms with van der Waals surface area (Å²) in [6, 6.07) is 15.9. The highest BCUT2D eigenvalue weighted by Crippen LogP contribution is 2.24. The van der Waals surface area contributed by atoms with Crippen LogP contribution in [0.3, 0.4) is 0 Å². The van der Waals surface area contributed by atoms with Crippen LogP contribution < -0.4 is 10.1 Å². The molecule has 1 heterocycles. The van der Waals surface area contributed by atoms with E-state index in [1.165, 1.54) is 0 Å². The summed E-state index contributed by atoms with van der Waals surface area (Å²) in [4.78, 5) is 29.7. The van der Waals surface area contributed by atoms with E-state index < -0.39 is 12.1 Å². The van der Waals surface area contributed by atoms with Crippen LogP contribution in [0.1, 0.15) is 45.6 Å². The molecule has 0 spiro atoms. The number of amides is 1. The molecule has 1 N–H and O–H groups in total. The Bertz CT molecular complexity index is 1010. The van der Waals surface area contributed by atoms with E-state index in [0.29, 0.717) is 23.5 Å². The van der Waals surface area contributed by atoms with Gasteiger partial charge in [-0.15, -0.1) is 11.3 Å². The molecule has 0 aliphatic heterocycles. The number of nitrogens with zero attached hydrogens (tertiary/aromatic N) is 1. The Labute approximate surface area is 178 Å². The fraction of sp³-hybridized carbons (Fsp3) is 0.261. The summed E-state index contributed by atoms with van der Waals surface area (Å²) < 4.78 is 11.3. The maximum Gasteiger partial charge on any atom is 0.339 e. The molecule has 30 heavy (non-hydrogen) atoms. The topological polar surface area (TPSA) is 77.5 Å². The minimum absolute atomic E-state index is 0.181. The van der Waals surface area contributed by atoms with E-state index in [0.717, 1.165) is 23.5 Å². The van der Waals surface area contributed by atoms with Gasteiger partial charge in [0.25, 0.3) is 5.91 Å². The largest absolute Gasteiger partial charge is 0.487 e. The Balaban J connectivity index is 1.40. The normalized spacial score (nSPS) is 14.0. The molecule has 154 valence electrons. The van der Waals surface area contributed by atoms with Gasteiger partial charge in [-0.25, -0.2) is 9.78 Å². The summed E-state index contributed by atoms with van der Waals surface area (Å²) in [6.45, 7) is 2.31. The molecule has 1 saturated carbocycles. The molecule has 1 aromatic heterocycles. The first kappa shape index (κ1) is 20.1. The molecule has 1 aliphatic carbocycles. The first-order valence-electron chi connectivity index (χ1n) is 9.78. The standard InChI is InChI=1S/C23H22N2O4S/c1-15-24-19(14-30-15)13-28-20-11-7-17(8-12-20)23(27)29-21(16-5-3-2-4-6-16)22(26)25-18-9-10-18/h2-8,11-12,14,18,21H,9-10,13H2,1H3,(H,25,26). The lowest BCUT2D eigenvalue weighted by Gasteiger charge is -2.18. The predicted octanol–water partition coefficient (Wildman–Crippen LogP) is 4.21. The summed E-state index contributed by atoms with van der Waals surface area (Å²) in [7, 11) is 0. The number of esters is 1. The van der Waals surface area contributed by atoms with Gasteiger partial charge in [-0.3, -0.25) is 4.79 Å². The van der Waals surface area contributed by atoms with Crippen molar-refractivity contribution in [2.45, 2.75) is 38.5 Å². The summed E-state index contributed by atoms with van der Waals surface area (Å²) in [5.41, 5.74) is 1.86. The Morgan fingerprint density at radius 1 is 1.13 bits per heavy atom. The molecule has 0 radical (unpaired) electrons. The van der Waals surface area contributed by atoms with Gasteiger partial charge in [0.05, 0.1) is 16.3 Å². The number of nitrogens with one attached hydrogen (secondary N) is 1. The van der Waals surface area contributed by atoms with Gasteiger partial charge in [-0.2, -0.15) is 0 Å². The van der Waals surface area contributed by atoms with Crippen LogP contribution >= 0.6 is 11.3 Å². The number of rotatable bonds is 8. The average Bonchev–Trinajstić information content (AvgIpc) is 3.49. The molecule has 6 nitrogen and oxygen atoms in total. The molecule has 1 atom stereocenters. The molecule has 4 rings (SSSR count). The number of carbonyl (C=O) groups is 2. The van der Waals surface area contributed by atoms with Crippen LogP contribution in [0.25, 0.3) is 0 Å². The summed E-state index contributed by atoms with van der Waals surface area (Å²) in [5.74, 6) is -0.227. The fourth-order valence-electron chi connectivity index (χ4n) is 2.90. The minimum atomic E-state index is -0.983. The Hall–Kier alpha value is -3.19. The van der Waals surface area contributed by atoms with Gasteiger partial charge in [0.15, 0.2) is 0 Å². The lowest BCUT2D eigenvalue weighted by molar-refractivity contribution is -0.130. The van der Waals surface area contributed by atoms with Crippen molar-refractivity contribution in [3.8, 4) is 5.75 Å². The second kappa shape index (κ2) is 9.09. The monoisotopic (exact) mass is 422 g/mol. The molecule has 1 amide bonds. The van der Waals surface area contributed by atoms with Crippen molar-refractivity contribution >= 4 is 23.2 Å². The highest BCUT2D eigenvalue weighted by atomic mass is 32.1. The van der Waals surface area contributed by atoms with Gasteiger partial charge < -0.3 is 14.8 Å². The summed E-state index contributed by atoms with van der Waals surface area (Å²) >= 11 is 1.57. The van der Waals surface area contributed by atoms with Crippen molar-refractivity contribution in [1.29, 1.82) is 0 Å². The number of thiazole rings is 1. The predicted molar refractivity (Wildman–Crippen MR) is 113 cm³/mol. The van der Waals surface area contributed by atoms with E-state index in [2.05, 4.69) is 10.3 Å². The van der Waals surface area contributed by atoms with Gasteiger partial charge in [-0.1, -0.05) is 30.3 Å². The first-order valence-corrected chi connectivity index (χ1v) is 10.7. The number of aromatic nitrogens is 1. The molecule has 0 bridgehead atoms. The Morgan fingerprint density at radius 3 is 2.50 bits per heavy atom. The lowest BCUT2D eigenvalue weighted by atomic mass is 10.1. The maximum atomic E-state index is 12.7.